The summed E-state index contributed by atoms with van der Waals surface area (Å²) in [6.45, 7) is 6.97. The maximum absolute atomic E-state index is 10.5. The molecule has 0 atom stereocenters. The third-order valence-corrected chi connectivity index (χ3v) is 5.60. The van der Waals surface area contributed by atoms with E-state index >= 15 is 0 Å². The number of nitrogens with zero attached hydrogens (tertiary/aromatic N) is 1. The van der Waals surface area contributed by atoms with Crippen molar-refractivity contribution in [3.8, 4) is 0 Å². The molecule has 2 fully saturated rings. The van der Waals surface area contributed by atoms with Gasteiger partial charge in [-0.15, -0.1) is 0 Å². The highest BCUT2D eigenvalue weighted by molar-refractivity contribution is 5.66. The number of nitrogens with one attached hydrogen (secondary N) is 1. The Morgan fingerprint density at radius 1 is 1.22 bits per heavy atom. The fourth-order valence-corrected chi connectivity index (χ4v) is 3.89. The summed E-state index contributed by atoms with van der Waals surface area (Å²) in [5, 5.41) is 12.1. The summed E-state index contributed by atoms with van der Waals surface area (Å²) in [5.41, 5.74) is 2.69. The molecule has 27 heavy (non-hydrogen) atoms. The van der Waals surface area contributed by atoms with Crippen LogP contribution in [0.2, 0.25) is 0 Å². The van der Waals surface area contributed by atoms with Crippen molar-refractivity contribution in [1.29, 1.82) is 0 Å². The van der Waals surface area contributed by atoms with Gasteiger partial charge in [0, 0.05) is 32.7 Å². The fourth-order valence-electron chi connectivity index (χ4n) is 3.89. The van der Waals surface area contributed by atoms with E-state index in [-0.39, 0.29) is 18.6 Å². The van der Waals surface area contributed by atoms with Gasteiger partial charge in [0.25, 0.3) is 0 Å². The van der Waals surface area contributed by atoms with Gasteiger partial charge in [-0.25, -0.2) is 0 Å². The largest absolute Gasteiger partial charge is 0.481 e. The lowest BCUT2D eigenvalue weighted by Gasteiger charge is -2.44. The maximum atomic E-state index is 10.5. The van der Waals surface area contributed by atoms with E-state index < -0.39 is 5.97 Å². The van der Waals surface area contributed by atoms with Crippen LogP contribution in [-0.2, 0) is 27.1 Å². The Morgan fingerprint density at radius 3 is 2.70 bits per heavy atom. The molecule has 0 aromatic heterocycles. The van der Waals surface area contributed by atoms with Crippen molar-refractivity contribution in [2.45, 2.75) is 37.7 Å². The lowest BCUT2D eigenvalue weighted by molar-refractivity contribution is -0.138. The van der Waals surface area contributed by atoms with E-state index in [1.54, 1.807) is 0 Å². The molecule has 2 saturated heterocycles. The van der Waals surface area contributed by atoms with Gasteiger partial charge in [-0.2, -0.15) is 0 Å². The van der Waals surface area contributed by atoms with Crippen molar-refractivity contribution < 1.29 is 19.4 Å². The molecule has 0 aliphatic carbocycles. The molecule has 2 N–H and O–H groups in total. The summed E-state index contributed by atoms with van der Waals surface area (Å²) in [5.74, 6) is -0.813. The predicted octanol–water partition coefficient (Wildman–Crippen LogP) is 1.72. The fraction of sp³-hybridized carbons (Fsp3) is 0.667. The summed E-state index contributed by atoms with van der Waals surface area (Å²) in [7, 11) is 0. The minimum atomic E-state index is -0.813. The number of morpholine rings is 1. The molecule has 3 rings (SSSR count). The minimum Gasteiger partial charge on any atom is -0.481 e. The topological polar surface area (TPSA) is 71.0 Å². The zero-order chi connectivity index (χ0) is 19.0. The molecule has 1 aromatic carbocycles. The third kappa shape index (κ3) is 6.57. The lowest BCUT2D eigenvalue weighted by Crippen LogP contribution is -2.55. The molecular weight excluding hydrogens is 344 g/mol. The predicted molar refractivity (Wildman–Crippen MR) is 104 cm³/mol. The van der Waals surface area contributed by atoms with Crippen LogP contribution in [0.4, 0.5) is 0 Å². The van der Waals surface area contributed by atoms with Crippen molar-refractivity contribution in [2.75, 3.05) is 52.5 Å². The normalized spacial score (nSPS) is 20.0. The second kappa shape index (κ2) is 10.2. The summed E-state index contributed by atoms with van der Waals surface area (Å²) in [4.78, 5) is 13.0. The summed E-state index contributed by atoms with van der Waals surface area (Å²) < 4.78 is 11.5. The Hall–Kier alpha value is -1.47. The highest BCUT2D eigenvalue weighted by Crippen LogP contribution is 2.27. The number of ether oxygens (including phenoxy) is 2. The molecule has 0 bridgehead atoms. The smallest absolute Gasteiger partial charge is 0.305 e. The van der Waals surface area contributed by atoms with Crippen LogP contribution in [-0.4, -0.2) is 74.1 Å². The Bertz CT molecular complexity index is 592. The molecule has 0 radical (unpaired) electrons. The van der Waals surface area contributed by atoms with E-state index in [2.05, 4.69) is 34.5 Å². The molecule has 2 aliphatic rings. The quantitative estimate of drug-likeness (QED) is 0.640. The monoisotopic (exact) mass is 376 g/mol. The zero-order valence-electron chi connectivity index (χ0n) is 16.1. The standard InChI is InChI=1S/C21H32N2O4/c24-20(25)6-14-26-13-5-19-3-1-2-18(16-19)4-10-23-11-7-21(8-12-23)17-22-9-15-27-21/h1-3,16,22H,4-15,17H2,(H,24,25). The summed E-state index contributed by atoms with van der Waals surface area (Å²) in [6, 6.07) is 8.66. The Kier molecular flexibility index (Phi) is 7.64. The minimum absolute atomic E-state index is 0.0677. The lowest BCUT2D eigenvalue weighted by atomic mass is 9.90. The average Bonchev–Trinajstić information content (AvgIpc) is 2.68. The summed E-state index contributed by atoms with van der Waals surface area (Å²) >= 11 is 0. The van der Waals surface area contributed by atoms with Crippen LogP contribution in [0.5, 0.6) is 0 Å². The highest BCUT2D eigenvalue weighted by atomic mass is 16.5. The molecule has 1 spiro atoms. The molecular formula is C21H32N2O4. The van der Waals surface area contributed by atoms with Gasteiger partial charge in [-0.3, -0.25) is 4.79 Å². The first-order valence-corrected chi connectivity index (χ1v) is 10.1. The van der Waals surface area contributed by atoms with Crippen molar-refractivity contribution >= 4 is 5.97 Å². The van der Waals surface area contributed by atoms with Crippen molar-refractivity contribution in [3.05, 3.63) is 35.4 Å². The first-order chi connectivity index (χ1) is 13.2. The van der Waals surface area contributed by atoms with E-state index in [1.165, 1.54) is 11.1 Å². The molecule has 1 aromatic rings. The molecule has 0 amide bonds. The number of hydrogen-bond donors (Lipinski definition) is 2. The first kappa shape index (κ1) is 20.3. The van der Waals surface area contributed by atoms with Gasteiger partial charge in [0.1, 0.15) is 0 Å². The third-order valence-electron chi connectivity index (χ3n) is 5.60. The molecule has 2 heterocycles. The van der Waals surface area contributed by atoms with Crippen LogP contribution in [0.1, 0.15) is 30.4 Å². The van der Waals surface area contributed by atoms with Crippen LogP contribution < -0.4 is 5.32 Å². The molecule has 0 saturated carbocycles. The van der Waals surface area contributed by atoms with Crippen LogP contribution in [0.3, 0.4) is 0 Å². The number of likely N-dealkylation sites (tertiary alicyclic amines) is 1. The number of carbonyl (C=O) groups is 1. The second-order valence-corrected chi connectivity index (χ2v) is 7.63. The number of piperidine rings is 1. The Balaban J connectivity index is 1.36. The van der Waals surface area contributed by atoms with E-state index in [0.29, 0.717) is 6.61 Å². The highest BCUT2D eigenvalue weighted by Gasteiger charge is 2.36. The molecule has 6 heteroatoms. The molecule has 150 valence electrons. The van der Waals surface area contributed by atoms with Gasteiger partial charge < -0.3 is 24.8 Å². The number of aliphatic carboxylic acids is 1. The van der Waals surface area contributed by atoms with E-state index in [9.17, 15) is 4.79 Å². The van der Waals surface area contributed by atoms with Crippen LogP contribution >= 0.6 is 0 Å². The van der Waals surface area contributed by atoms with E-state index in [0.717, 1.165) is 65.0 Å². The number of rotatable bonds is 9. The van der Waals surface area contributed by atoms with Gasteiger partial charge in [0.05, 0.1) is 31.8 Å². The number of hydrogen-bond acceptors (Lipinski definition) is 5. The molecule has 0 unspecified atom stereocenters. The molecule has 2 aliphatic heterocycles. The zero-order valence-corrected chi connectivity index (χ0v) is 16.1. The summed E-state index contributed by atoms with van der Waals surface area (Å²) in [6.07, 6.45) is 4.18. The van der Waals surface area contributed by atoms with E-state index in [1.807, 2.05) is 0 Å². The SMILES string of the molecule is O=C(O)CCOCCc1cccc(CCN2CCC3(CC2)CNCCO3)c1. The van der Waals surface area contributed by atoms with Gasteiger partial charge in [-0.05, 0) is 36.8 Å². The van der Waals surface area contributed by atoms with Gasteiger partial charge >= 0.3 is 5.97 Å². The van der Waals surface area contributed by atoms with E-state index in [4.69, 9.17) is 14.6 Å². The first-order valence-electron chi connectivity index (χ1n) is 10.1. The van der Waals surface area contributed by atoms with Crippen molar-refractivity contribution in [1.82, 2.24) is 10.2 Å². The number of benzene rings is 1. The number of carboxylic acids is 1. The van der Waals surface area contributed by atoms with Gasteiger partial charge in [-0.1, -0.05) is 24.3 Å². The maximum Gasteiger partial charge on any atom is 0.305 e. The Morgan fingerprint density at radius 2 is 2.00 bits per heavy atom. The number of carboxylic acid groups (broad SMARTS) is 1. The van der Waals surface area contributed by atoms with Crippen LogP contribution in [0, 0.1) is 0 Å². The second-order valence-electron chi connectivity index (χ2n) is 7.63. The van der Waals surface area contributed by atoms with Crippen LogP contribution in [0.15, 0.2) is 24.3 Å². The van der Waals surface area contributed by atoms with Crippen molar-refractivity contribution in [3.63, 3.8) is 0 Å². The Labute approximate surface area is 161 Å². The average molecular weight is 376 g/mol. The molecule has 6 nitrogen and oxygen atoms in total. The van der Waals surface area contributed by atoms with Gasteiger partial charge in [0.15, 0.2) is 0 Å². The van der Waals surface area contributed by atoms with Crippen molar-refractivity contribution in [2.24, 2.45) is 0 Å². The van der Waals surface area contributed by atoms with Crippen LogP contribution in [0.25, 0.3) is 0 Å². The van der Waals surface area contributed by atoms with Gasteiger partial charge in [0.2, 0.25) is 0 Å².